The fourth-order valence-electron chi connectivity index (χ4n) is 1.15. The molecule has 0 fully saturated rings. The van der Waals surface area contributed by atoms with Crippen LogP contribution in [0.4, 0.5) is 0 Å². The number of rotatable bonds is 6. The van der Waals surface area contributed by atoms with Gasteiger partial charge >= 0.3 is 0 Å². The summed E-state index contributed by atoms with van der Waals surface area (Å²) in [4.78, 5) is 1.43. The Hall–Kier alpha value is -0.380. The van der Waals surface area contributed by atoms with Crippen molar-refractivity contribution in [3.05, 3.63) is 21.9 Å². The smallest absolute Gasteiger partial charge is 0.0594 e. The van der Waals surface area contributed by atoms with Crippen LogP contribution in [0.2, 0.25) is 0 Å². The van der Waals surface area contributed by atoms with Crippen molar-refractivity contribution in [2.75, 3.05) is 13.2 Å². The largest absolute Gasteiger partial charge is 0.377 e. The zero-order valence-corrected chi connectivity index (χ0v) is 9.99. The standard InChI is InChI=1S/C11H19NOS/c1-9(2)13-6-5-12-8-11-10(3)4-7-14-11/h4,7,9,12H,5-6,8H2,1-3H3. The van der Waals surface area contributed by atoms with Gasteiger partial charge in [-0.1, -0.05) is 0 Å². The molecule has 0 unspecified atom stereocenters. The Bertz CT molecular complexity index is 258. The van der Waals surface area contributed by atoms with Gasteiger partial charge in [-0.15, -0.1) is 11.3 Å². The molecule has 0 atom stereocenters. The van der Waals surface area contributed by atoms with Crippen molar-refractivity contribution in [3.63, 3.8) is 0 Å². The van der Waals surface area contributed by atoms with Crippen molar-refractivity contribution in [2.45, 2.75) is 33.4 Å². The monoisotopic (exact) mass is 213 g/mol. The van der Waals surface area contributed by atoms with Gasteiger partial charge in [0.15, 0.2) is 0 Å². The Morgan fingerprint density at radius 1 is 1.50 bits per heavy atom. The highest BCUT2D eigenvalue weighted by atomic mass is 32.1. The Morgan fingerprint density at radius 2 is 2.29 bits per heavy atom. The molecule has 1 aromatic rings. The summed E-state index contributed by atoms with van der Waals surface area (Å²) in [6.07, 6.45) is 0.334. The van der Waals surface area contributed by atoms with Gasteiger partial charge in [0.25, 0.3) is 0 Å². The summed E-state index contributed by atoms with van der Waals surface area (Å²) in [5.41, 5.74) is 1.38. The van der Waals surface area contributed by atoms with Gasteiger partial charge < -0.3 is 10.1 Å². The first-order valence-corrected chi connectivity index (χ1v) is 5.93. The first-order chi connectivity index (χ1) is 6.70. The lowest BCUT2D eigenvalue weighted by atomic mass is 10.3. The SMILES string of the molecule is Cc1ccsc1CNCCOC(C)C. The first kappa shape index (κ1) is 11.7. The van der Waals surface area contributed by atoms with Crippen LogP contribution in [0.3, 0.4) is 0 Å². The molecule has 0 amide bonds. The summed E-state index contributed by atoms with van der Waals surface area (Å²) in [7, 11) is 0. The maximum atomic E-state index is 5.43. The van der Waals surface area contributed by atoms with Crippen LogP contribution in [0.25, 0.3) is 0 Å². The predicted octanol–water partition coefficient (Wildman–Crippen LogP) is 2.57. The minimum absolute atomic E-state index is 0.334. The van der Waals surface area contributed by atoms with E-state index in [1.165, 1.54) is 10.4 Å². The minimum atomic E-state index is 0.334. The average molecular weight is 213 g/mol. The van der Waals surface area contributed by atoms with Crippen LogP contribution in [0, 0.1) is 6.92 Å². The minimum Gasteiger partial charge on any atom is -0.377 e. The van der Waals surface area contributed by atoms with Crippen LogP contribution in [-0.4, -0.2) is 19.3 Å². The molecular weight excluding hydrogens is 194 g/mol. The predicted molar refractivity (Wildman–Crippen MR) is 61.9 cm³/mol. The van der Waals surface area contributed by atoms with Gasteiger partial charge in [-0.25, -0.2) is 0 Å². The Kier molecular flexibility index (Phi) is 5.15. The molecule has 1 aromatic heterocycles. The first-order valence-electron chi connectivity index (χ1n) is 5.05. The number of hydrogen-bond donors (Lipinski definition) is 1. The van der Waals surface area contributed by atoms with Crippen LogP contribution < -0.4 is 5.32 Å². The van der Waals surface area contributed by atoms with Crippen LogP contribution in [0.1, 0.15) is 24.3 Å². The molecule has 14 heavy (non-hydrogen) atoms. The maximum Gasteiger partial charge on any atom is 0.0594 e. The fraction of sp³-hybridized carbons (Fsp3) is 0.636. The molecule has 0 spiro atoms. The summed E-state index contributed by atoms with van der Waals surface area (Å²) >= 11 is 1.81. The molecule has 1 rings (SSSR count). The molecule has 1 N–H and O–H groups in total. The van der Waals surface area contributed by atoms with Crippen molar-refractivity contribution in [2.24, 2.45) is 0 Å². The number of hydrogen-bond acceptors (Lipinski definition) is 3. The van der Waals surface area contributed by atoms with Crippen LogP contribution in [-0.2, 0) is 11.3 Å². The fourth-order valence-corrected chi connectivity index (χ4v) is 2.03. The molecule has 0 aromatic carbocycles. The van der Waals surface area contributed by atoms with E-state index >= 15 is 0 Å². The molecule has 0 radical (unpaired) electrons. The second-order valence-electron chi connectivity index (χ2n) is 3.62. The van der Waals surface area contributed by atoms with E-state index in [4.69, 9.17) is 4.74 Å². The normalized spacial score (nSPS) is 11.1. The Labute approximate surface area is 90.3 Å². The third-order valence-electron chi connectivity index (χ3n) is 1.98. The molecule has 0 bridgehead atoms. The van der Waals surface area contributed by atoms with E-state index in [0.717, 1.165) is 19.7 Å². The van der Waals surface area contributed by atoms with Crippen LogP contribution in [0.5, 0.6) is 0 Å². The molecular formula is C11H19NOS. The van der Waals surface area contributed by atoms with Crippen LogP contribution >= 0.6 is 11.3 Å². The molecule has 0 aliphatic heterocycles. The van der Waals surface area contributed by atoms with Crippen LogP contribution in [0.15, 0.2) is 11.4 Å². The van der Waals surface area contributed by atoms with E-state index < -0.39 is 0 Å². The van der Waals surface area contributed by atoms with Crippen molar-refractivity contribution >= 4 is 11.3 Å². The molecule has 3 heteroatoms. The molecule has 1 heterocycles. The average Bonchev–Trinajstić information content (AvgIpc) is 2.51. The number of ether oxygens (including phenoxy) is 1. The van der Waals surface area contributed by atoms with E-state index in [-0.39, 0.29) is 0 Å². The van der Waals surface area contributed by atoms with Gasteiger partial charge in [-0.2, -0.15) is 0 Å². The Morgan fingerprint density at radius 3 is 2.86 bits per heavy atom. The second kappa shape index (κ2) is 6.17. The highest BCUT2D eigenvalue weighted by Gasteiger charge is 1.98. The molecule has 0 aliphatic rings. The molecule has 80 valence electrons. The van der Waals surface area contributed by atoms with Gasteiger partial charge in [0.2, 0.25) is 0 Å². The van der Waals surface area contributed by atoms with Gasteiger partial charge in [-0.05, 0) is 37.8 Å². The topological polar surface area (TPSA) is 21.3 Å². The third-order valence-corrected chi connectivity index (χ3v) is 3.01. The van der Waals surface area contributed by atoms with Gasteiger partial charge in [-0.3, -0.25) is 0 Å². The van der Waals surface area contributed by atoms with Gasteiger partial charge in [0, 0.05) is 18.0 Å². The van der Waals surface area contributed by atoms with Crippen molar-refractivity contribution < 1.29 is 4.74 Å². The zero-order chi connectivity index (χ0) is 10.4. The van der Waals surface area contributed by atoms with Gasteiger partial charge in [0.1, 0.15) is 0 Å². The molecule has 0 saturated heterocycles. The lowest BCUT2D eigenvalue weighted by Gasteiger charge is -2.08. The zero-order valence-electron chi connectivity index (χ0n) is 9.17. The summed E-state index contributed by atoms with van der Waals surface area (Å²) < 4.78 is 5.43. The van der Waals surface area contributed by atoms with Crippen molar-refractivity contribution in [1.29, 1.82) is 0 Å². The summed E-state index contributed by atoms with van der Waals surface area (Å²) in [6.45, 7) is 8.95. The van der Waals surface area contributed by atoms with Crippen molar-refractivity contribution in [1.82, 2.24) is 5.32 Å². The summed E-state index contributed by atoms with van der Waals surface area (Å²) in [5.74, 6) is 0. The van der Waals surface area contributed by atoms with E-state index in [9.17, 15) is 0 Å². The maximum absolute atomic E-state index is 5.43. The van der Waals surface area contributed by atoms with Gasteiger partial charge in [0.05, 0.1) is 12.7 Å². The third kappa shape index (κ3) is 4.22. The quantitative estimate of drug-likeness (QED) is 0.733. The highest BCUT2D eigenvalue weighted by Crippen LogP contribution is 2.14. The van der Waals surface area contributed by atoms with E-state index in [1.807, 2.05) is 11.3 Å². The molecule has 2 nitrogen and oxygen atoms in total. The lowest BCUT2D eigenvalue weighted by molar-refractivity contribution is 0.0807. The summed E-state index contributed by atoms with van der Waals surface area (Å²) in [5, 5.41) is 5.51. The summed E-state index contributed by atoms with van der Waals surface area (Å²) in [6, 6.07) is 2.16. The molecule has 0 aliphatic carbocycles. The number of aryl methyl sites for hydroxylation is 1. The Balaban J connectivity index is 2.08. The van der Waals surface area contributed by atoms with Crippen molar-refractivity contribution in [3.8, 4) is 0 Å². The number of nitrogens with one attached hydrogen (secondary N) is 1. The molecule has 0 saturated carbocycles. The van der Waals surface area contributed by atoms with E-state index in [2.05, 4.69) is 37.5 Å². The number of thiophene rings is 1. The lowest BCUT2D eigenvalue weighted by Crippen LogP contribution is -2.20. The van der Waals surface area contributed by atoms with E-state index in [0.29, 0.717) is 6.10 Å². The van der Waals surface area contributed by atoms with E-state index in [1.54, 1.807) is 0 Å². The second-order valence-corrected chi connectivity index (χ2v) is 4.62. The highest BCUT2D eigenvalue weighted by molar-refractivity contribution is 7.10.